The number of benzene rings is 1. The average Bonchev–Trinajstić information content (AvgIpc) is 2.98. The van der Waals surface area contributed by atoms with Crippen LogP contribution < -0.4 is 10.1 Å². The molecule has 1 fully saturated rings. The lowest BCUT2D eigenvalue weighted by Crippen LogP contribution is -2.36. The van der Waals surface area contributed by atoms with Gasteiger partial charge in [0.25, 0.3) is 5.91 Å². The number of nitrogens with zero attached hydrogens (tertiary/aromatic N) is 1. The van der Waals surface area contributed by atoms with Crippen molar-refractivity contribution in [3.63, 3.8) is 0 Å². The maximum Gasteiger partial charge on any atom is 0.274 e. The smallest absolute Gasteiger partial charge is 0.274 e. The van der Waals surface area contributed by atoms with E-state index in [0.717, 1.165) is 18.6 Å². The van der Waals surface area contributed by atoms with Crippen LogP contribution in [-0.4, -0.2) is 17.1 Å². The zero-order valence-corrected chi connectivity index (χ0v) is 15.2. The van der Waals surface area contributed by atoms with Crippen LogP contribution in [0.1, 0.15) is 65.0 Å². The molecule has 134 valence electrons. The summed E-state index contributed by atoms with van der Waals surface area (Å²) in [5.74, 6) is 1.24. The maximum absolute atomic E-state index is 12.6. The van der Waals surface area contributed by atoms with Gasteiger partial charge < -0.3 is 14.6 Å². The van der Waals surface area contributed by atoms with Gasteiger partial charge in [0.1, 0.15) is 18.1 Å². The van der Waals surface area contributed by atoms with Crippen molar-refractivity contribution in [3.8, 4) is 5.75 Å². The lowest BCUT2D eigenvalue weighted by Gasteiger charge is -2.22. The van der Waals surface area contributed by atoms with Gasteiger partial charge in [0, 0.05) is 6.04 Å². The fraction of sp³-hybridized carbons (Fsp3) is 0.500. The van der Waals surface area contributed by atoms with Gasteiger partial charge in [-0.2, -0.15) is 0 Å². The second-order valence-corrected chi connectivity index (χ2v) is 6.91. The predicted molar refractivity (Wildman–Crippen MR) is 95.8 cm³/mol. The third kappa shape index (κ3) is 4.21. The van der Waals surface area contributed by atoms with E-state index in [1.807, 2.05) is 25.1 Å². The van der Waals surface area contributed by atoms with Crippen LogP contribution in [0.4, 0.5) is 0 Å². The van der Waals surface area contributed by atoms with Gasteiger partial charge >= 0.3 is 0 Å². The van der Waals surface area contributed by atoms with E-state index < -0.39 is 0 Å². The molecular weight excluding hydrogens is 316 g/mol. The van der Waals surface area contributed by atoms with E-state index in [9.17, 15) is 4.79 Å². The van der Waals surface area contributed by atoms with Crippen LogP contribution in [0.2, 0.25) is 0 Å². The molecule has 1 aliphatic rings. The summed E-state index contributed by atoms with van der Waals surface area (Å²) in [4.78, 5) is 12.6. The van der Waals surface area contributed by atoms with Gasteiger partial charge in [0.15, 0.2) is 5.69 Å². The molecule has 1 heterocycles. The minimum absolute atomic E-state index is 0.164. The molecule has 1 N–H and O–H groups in total. The highest BCUT2D eigenvalue weighted by Gasteiger charge is 2.23. The highest BCUT2D eigenvalue weighted by molar-refractivity contribution is 5.94. The number of amides is 1. The van der Waals surface area contributed by atoms with Gasteiger partial charge in [-0.3, -0.25) is 4.79 Å². The van der Waals surface area contributed by atoms with E-state index in [4.69, 9.17) is 9.26 Å². The Bertz CT molecular complexity index is 745. The van der Waals surface area contributed by atoms with Crippen molar-refractivity contribution in [1.82, 2.24) is 10.5 Å². The Morgan fingerprint density at radius 3 is 2.68 bits per heavy atom. The summed E-state index contributed by atoms with van der Waals surface area (Å²) in [6.07, 6.45) is 5.68. The van der Waals surface area contributed by atoms with Crippen LogP contribution in [0.3, 0.4) is 0 Å². The third-order valence-electron chi connectivity index (χ3n) is 5.00. The molecule has 0 unspecified atom stereocenters. The Morgan fingerprint density at radius 2 is 1.96 bits per heavy atom. The van der Waals surface area contributed by atoms with Gasteiger partial charge in [-0.15, -0.1) is 0 Å². The predicted octanol–water partition coefficient (Wildman–Crippen LogP) is 4.24. The van der Waals surface area contributed by atoms with E-state index in [-0.39, 0.29) is 18.6 Å². The van der Waals surface area contributed by atoms with E-state index >= 15 is 0 Å². The highest BCUT2D eigenvalue weighted by atomic mass is 16.5. The van der Waals surface area contributed by atoms with Gasteiger partial charge in [0.05, 0.1) is 5.56 Å². The zero-order chi connectivity index (χ0) is 17.8. The minimum Gasteiger partial charge on any atom is -0.489 e. The first kappa shape index (κ1) is 17.5. The van der Waals surface area contributed by atoms with Crippen LogP contribution in [-0.2, 0) is 6.61 Å². The molecule has 0 spiro atoms. The number of hydrogen-bond donors (Lipinski definition) is 1. The summed E-state index contributed by atoms with van der Waals surface area (Å²) < 4.78 is 11.1. The van der Waals surface area contributed by atoms with Gasteiger partial charge in [-0.1, -0.05) is 30.5 Å². The van der Waals surface area contributed by atoms with Crippen molar-refractivity contribution in [2.75, 3.05) is 0 Å². The monoisotopic (exact) mass is 342 g/mol. The van der Waals surface area contributed by atoms with Crippen molar-refractivity contribution in [2.45, 2.75) is 65.5 Å². The lowest BCUT2D eigenvalue weighted by atomic mass is 9.95. The van der Waals surface area contributed by atoms with Crippen molar-refractivity contribution in [2.24, 2.45) is 0 Å². The Kier molecular flexibility index (Phi) is 5.41. The molecule has 1 aromatic heterocycles. The summed E-state index contributed by atoms with van der Waals surface area (Å²) in [5, 5.41) is 7.04. The minimum atomic E-state index is -0.164. The molecule has 1 amide bonds. The van der Waals surface area contributed by atoms with Gasteiger partial charge in [-0.05, 0) is 56.9 Å². The standard InChI is InChI=1S/C20H26N2O3/c1-13-9-10-17(11-14(13)2)24-12-18-15(3)25-22-19(18)20(23)21-16-7-5-4-6-8-16/h9-11,16H,4-8,12H2,1-3H3,(H,21,23). The molecule has 5 nitrogen and oxygen atoms in total. The second-order valence-electron chi connectivity index (χ2n) is 6.91. The average molecular weight is 342 g/mol. The first-order valence-corrected chi connectivity index (χ1v) is 9.00. The molecule has 5 heteroatoms. The normalized spacial score (nSPS) is 15.2. The fourth-order valence-electron chi connectivity index (χ4n) is 3.20. The Hall–Kier alpha value is -2.30. The number of hydrogen-bond acceptors (Lipinski definition) is 4. The number of aromatic nitrogens is 1. The van der Waals surface area contributed by atoms with Crippen molar-refractivity contribution < 1.29 is 14.1 Å². The van der Waals surface area contributed by atoms with Crippen molar-refractivity contribution in [1.29, 1.82) is 0 Å². The molecule has 3 rings (SSSR count). The number of carbonyl (C=O) groups excluding carboxylic acids is 1. The Labute approximate surface area is 148 Å². The number of rotatable bonds is 5. The summed E-state index contributed by atoms with van der Waals surface area (Å²) in [7, 11) is 0. The van der Waals surface area contributed by atoms with Crippen LogP contribution >= 0.6 is 0 Å². The molecule has 1 saturated carbocycles. The molecule has 0 radical (unpaired) electrons. The Balaban J connectivity index is 1.68. The largest absolute Gasteiger partial charge is 0.489 e. The summed E-state index contributed by atoms with van der Waals surface area (Å²) >= 11 is 0. The first-order valence-electron chi connectivity index (χ1n) is 9.00. The third-order valence-corrected chi connectivity index (χ3v) is 5.00. The van der Waals surface area contributed by atoms with E-state index in [0.29, 0.717) is 17.0 Å². The first-order chi connectivity index (χ1) is 12.0. The summed E-state index contributed by atoms with van der Waals surface area (Å²) in [6, 6.07) is 6.21. The van der Waals surface area contributed by atoms with Crippen molar-refractivity contribution >= 4 is 5.91 Å². The molecule has 0 saturated heterocycles. The molecule has 0 atom stereocenters. The van der Waals surface area contributed by atoms with E-state index in [2.05, 4.69) is 24.3 Å². The number of nitrogens with one attached hydrogen (secondary N) is 1. The summed E-state index contributed by atoms with van der Waals surface area (Å²) in [5.41, 5.74) is 3.45. The molecule has 25 heavy (non-hydrogen) atoms. The molecule has 2 aromatic rings. The van der Waals surface area contributed by atoms with E-state index in [1.54, 1.807) is 0 Å². The molecule has 0 aliphatic heterocycles. The van der Waals surface area contributed by atoms with Gasteiger partial charge in [-0.25, -0.2) is 0 Å². The SMILES string of the molecule is Cc1ccc(OCc2c(C(=O)NC3CCCCC3)noc2C)cc1C. The summed E-state index contributed by atoms with van der Waals surface area (Å²) in [6.45, 7) is 6.20. The number of aryl methyl sites for hydroxylation is 3. The quantitative estimate of drug-likeness (QED) is 0.882. The Morgan fingerprint density at radius 1 is 1.20 bits per heavy atom. The topological polar surface area (TPSA) is 64.4 Å². The highest BCUT2D eigenvalue weighted by Crippen LogP contribution is 2.22. The van der Waals surface area contributed by atoms with Crippen LogP contribution in [0, 0.1) is 20.8 Å². The van der Waals surface area contributed by atoms with Crippen LogP contribution in [0.5, 0.6) is 5.75 Å². The number of ether oxygens (including phenoxy) is 1. The van der Waals surface area contributed by atoms with Gasteiger partial charge in [0.2, 0.25) is 0 Å². The van der Waals surface area contributed by atoms with Crippen molar-refractivity contribution in [3.05, 3.63) is 46.3 Å². The molecule has 1 aliphatic carbocycles. The lowest BCUT2D eigenvalue weighted by molar-refractivity contribution is 0.0916. The molecule has 1 aromatic carbocycles. The van der Waals surface area contributed by atoms with E-state index in [1.165, 1.54) is 30.4 Å². The van der Waals surface area contributed by atoms with Crippen LogP contribution in [0.15, 0.2) is 22.7 Å². The zero-order valence-electron chi connectivity index (χ0n) is 15.2. The number of carbonyl (C=O) groups is 1. The second kappa shape index (κ2) is 7.72. The maximum atomic E-state index is 12.6. The van der Waals surface area contributed by atoms with Crippen LogP contribution in [0.25, 0.3) is 0 Å². The molecule has 0 bridgehead atoms. The fourth-order valence-corrected chi connectivity index (χ4v) is 3.20. The molecular formula is C20H26N2O3.